The summed E-state index contributed by atoms with van der Waals surface area (Å²) in [6.45, 7) is 6.43. The summed E-state index contributed by atoms with van der Waals surface area (Å²) >= 11 is 18.0. The summed E-state index contributed by atoms with van der Waals surface area (Å²) in [7, 11) is 0. The van der Waals surface area contributed by atoms with E-state index in [1.54, 1.807) is 26.0 Å². The van der Waals surface area contributed by atoms with Crippen LogP contribution in [-0.4, -0.2) is 24.3 Å². The Labute approximate surface area is 169 Å². The van der Waals surface area contributed by atoms with Gasteiger partial charge in [0.05, 0.1) is 34.9 Å². The summed E-state index contributed by atoms with van der Waals surface area (Å²) in [5, 5.41) is 7.22. The third kappa shape index (κ3) is 4.81. The third-order valence-electron chi connectivity index (χ3n) is 3.86. The van der Waals surface area contributed by atoms with Crippen molar-refractivity contribution in [2.75, 3.05) is 13.2 Å². The van der Waals surface area contributed by atoms with Crippen LogP contribution in [0, 0.1) is 0 Å². The van der Waals surface area contributed by atoms with Crippen LogP contribution in [0.3, 0.4) is 0 Å². The van der Waals surface area contributed by atoms with Gasteiger partial charge >= 0.3 is 5.97 Å². The summed E-state index contributed by atoms with van der Waals surface area (Å²) in [6, 6.07) is 2.95. The molecule has 1 atom stereocenters. The summed E-state index contributed by atoms with van der Waals surface area (Å²) in [6.07, 6.45) is 1.92. The fourth-order valence-corrected chi connectivity index (χ4v) is 3.51. The van der Waals surface area contributed by atoms with Gasteiger partial charge in [0.2, 0.25) is 0 Å². The number of hydrogen-bond acceptors (Lipinski definition) is 4. The smallest absolute Gasteiger partial charge is 0.338 e. The van der Waals surface area contributed by atoms with E-state index in [-0.39, 0.29) is 6.61 Å². The van der Waals surface area contributed by atoms with Crippen molar-refractivity contribution in [2.45, 2.75) is 39.7 Å². The highest BCUT2D eigenvalue weighted by Crippen LogP contribution is 2.38. The van der Waals surface area contributed by atoms with Crippen molar-refractivity contribution in [1.29, 1.82) is 0 Å². The highest BCUT2D eigenvalue weighted by molar-refractivity contribution is 7.80. The fraction of sp³-hybridized carbons (Fsp3) is 0.444. The van der Waals surface area contributed by atoms with Crippen molar-refractivity contribution >= 4 is 46.5 Å². The molecule has 2 N–H and O–H groups in total. The maximum absolute atomic E-state index is 12.4. The molecule has 1 aromatic carbocycles. The first-order valence-corrected chi connectivity index (χ1v) is 9.62. The van der Waals surface area contributed by atoms with E-state index in [9.17, 15) is 4.79 Å². The molecule has 2 rings (SSSR count). The second-order valence-electron chi connectivity index (χ2n) is 5.81. The molecule has 0 aliphatic carbocycles. The molecule has 1 heterocycles. The second kappa shape index (κ2) is 9.44. The molecule has 0 aromatic heterocycles. The number of nitrogens with one attached hydrogen (secondary N) is 2. The molecule has 0 fully saturated rings. The van der Waals surface area contributed by atoms with E-state index in [2.05, 4.69) is 17.6 Å². The number of ether oxygens (including phenoxy) is 2. The number of benzene rings is 1. The van der Waals surface area contributed by atoms with Gasteiger partial charge in [-0.25, -0.2) is 4.79 Å². The Kier molecular flexibility index (Phi) is 7.55. The SMILES string of the molecule is CCCCOc1c(Cl)cc(C2NC(=S)NC(C)=C2C(=O)OCC)cc1Cl. The van der Waals surface area contributed by atoms with Crippen LogP contribution in [0.2, 0.25) is 10.0 Å². The van der Waals surface area contributed by atoms with Crippen LogP contribution in [0.5, 0.6) is 5.75 Å². The van der Waals surface area contributed by atoms with Crippen molar-refractivity contribution in [3.05, 3.63) is 39.0 Å². The number of allylic oxidation sites excluding steroid dienone is 1. The lowest BCUT2D eigenvalue weighted by atomic mass is 9.95. The maximum atomic E-state index is 12.4. The topological polar surface area (TPSA) is 59.6 Å². The standard InChI is InChI=1S/C18H22Cl2N2O3S/c1-4-6-7-25-16-12(19)8-11(9-13(16)20)15-14(17(23)24-5-2)10(3)21-18(26)22-15/h8-9,15H,4-7H2,1-3H3,(H2,21,22,26). The Bertz CT molecular complexity index is 714. The van der Waals surface area contributed by atoms with E-state index in [0.717, 1.165) is 12.8 Å². The number of rotatable bonds is 7. The average Bonchev–Trinajstić information content (AvgIpc) is 2.56. The number of halogens is 2. The van der Waals surface area contributed by atoms with E-state index in [4.69, 9.17) is 44.9 Å². The molecular weight excluding hydrogens is 395 g/mol. The lowest BCUT2D eigenvalue weighted by Crippen LogP contribution is -2.45. The first-order valence-electron chi connectivity index (χ1n) is 8.46. The predicted molar refractivity (Wildman–Crippen MR) is 108 cm³/mol. The monoisotopic (exact) mass is 416 g/mol. The van der Waals surface area contributed by atoms with Crippen molar-refractivity contribution < 1.29 is 14.3 Å². The highest BCUT2D eigenvalue weighted by atomic mass is 35.5. The number of hydrogen-bond donors (Lipinski definition) is 2. The fourth-order valence-electron chi connectivity index (χ4n) is 2.63. The van der Waals surface area contributed by atoms with Crippen LogP contribution < -0.4 is 15.4 Å². The van der Waals surface area contributed by atoms with Gasteiger partial charge in [0.25, 0.3) is 0 Å². The van der Waals surface area contributed by atoms with Gasteiger partial charge in [-0.2, -0.15) is 0 Å². The number of carbonyl (C=O) groups excluding carboxylic acids is 1. The van der Waals surface area contributed by atoms with Gasteiger partial charge in [-0.15, -0.1) is 0 Å². The zero-order valence-corrected chi connectivity index (χ0v) is 17.3. The van der Waals surface area contributed by atoms with E-state index >= 15 is 0 Å². The molecule has 26 heavy (non-hydrogen) atoms. The Hall–Kier alpha value is -1.50. The Morgan fingerprint density at radius 3 is 2.50 bits per heavy atom. The Morgan fingerprint density at radius 2 is 1.92 bits per heavy atom. The van der Waals surface area contributed by atoms with Crippen molar-refractivity contribution in [3.8, 4) is 5.75 Å². The van der Waals surface area contributed by atoms with Crippen molar-refractivity contribution in [1.82, 2.24) is 10.6 Å². The molecule has 0 saturated carbocycles. The first kappa shape index (κ1) is 20.8. The van der Waals surface area contributed by atoms with Crippen LogP contribution in [-0.2, 0) is 9.53 Å². The molecule has 1 aromatic rings. The van der Waals surface area contributed by atoms with Crippen molar-refractivity contribution in [2.24, 2.45) is 0 Å². The molecule has 0 radical (unpaired) electrons. The molecule has 0 saturated heterocycles. The number of carbonyl (C=O) groups is 1. The zero-order valence-electron chi connectivity index (χ0n) is 14.9. The number of unbranched alkanes of at least 4 members (excludes halogenated alkanes) is 1. The van der Waals surface area contributed by atoms with Crippen LogP contribution in [0.25, 0.3) is 0 Å². The molecule has 0 bridgehead atoms. The van der Waals surface area contributed by atoms with Gasteiger partial charge in [0.1, 0.15) is 0 Å². The molecule has 8 heteroatoms. The quantitative estimate of drug-likeness (QED) is 0.386. The lowest BCUT2D eigenvalue weighted by molar-refractivity contribution is -0.139. The van der Waals surface area contributed by atoms with Gasteiger partial charge in [-0.3, -0.25) is 0 Å². The molecule has 0 amide bonds. The van der Waals surface area contributed by atoms with Crippen LogP contribution in [0.15, 0.2) is 23.4 Å². The van der Waals surface area contributed by atoms with E-state index in [1.807, 2.05) is 0 Å². The third-order valence-corrected chi connectivity index (χ3v) is 4.64. The molecule has 5 nitrogen and oxygen atoms in total. The Balaban J connectivity index is 2.39. The van der Waals surface area contributed by atoms with Crippen LogP contribution in [0.4, 0.5) is 0 Å². The molecule has 142 valence electrons. The molecular formula is C18H22Cl2N2O3S. The average molecular weight is 417 g/mol. The molecule has 0 spiro atoms. The van der Waals surface area contributed by atoms with E-state index < -0.39 is 12.0 Å². The summed E-state index contributed by atoms with van der Waals surface area (Å²) < 4.78 is 10.9. The minimum Gasteiger partial charge on any atom is -0.490 e. The predicted octanol–water partition coefficient (Wildman–Crippen LogP) is 4.53. The van der Waals surface area contributed by atoms with E-state index in [0.29, 0.717) is 44.3 Å². The minimum atomic E-state index is -0.512. The molecule has 1 aliphatic heterocycles. The largest absolute Gasteiger partial charge is 0.490 e. The molecule has 1 unspecified atom stereocenters. The number of thiocarbonyl (C=S) groups is 1. The van der Waals surface area contributed by atoms with Crippen LogP contribution in [0.1, 0.15) is 45.2 Å². The zero-order chi connectivity index (χ0) is 19.3. The van der Waals surface area contributed by atoms with Gasteiger partial charge < -0.3 is 20.1 Å². The Morgan fingerprint density at radius 1 is 1.27 bits per heavy atom. The van der Waals surface area contributed by atoms with Gasteiger partial charge in [0, 0.05) is 5.70 Å². The highest BCUT2D eigenvalue weighted by Gasteiger charge is 2.31. The van der Waals surface area contributed by atoms with Gasteiger partial charge in [-0.05, 0) is 50.2 Å². The summed E-state index contributed by atoms with van der Waals surface area (Å²) in [5.41, 5.74) is 1.77. The van der Waals surface area contributed by atoms with Crippen LogP contribution >= 0.6 is 35.4 Å². The number of esters is 1. The van der Waals surface area contributed by atoms with Gasteiger partial charge in [0.15, 0.2) is 10.9 Å². The second-order valence-corrected chi connectivity index (χ2v) is 7.03. The van der Waals surface area contributed by atoms with Crippen molar-refractivity contribution in [3.63, 3.8) is 0 Å². The minimum absolute atomic E-state index is 0.276. The normalized spacial score (nSPS) is 16.8. The molecule has 1 aliphatic rings. The van der Waals surface area contributed by atoms with E-state index in [1.165, 1.54) is 0 Å². The summed E-state index contributed by atoms with van der Waals surface area (Å²) in [5.74, 6) is 0.0217. The lowest BCUT2D eigenvalue weighted by Gasteiger charge is -2.30. The summed E-state index contributed by atoms with van der Waals surface area (Å²) in [4.78, 5) is 12.4. The first-order chi connectivity index (χ1) is 12.4. The van der Waals surface area contributed by atoms with Gasteiger partial charge in [-0.1, -0.05) is 36.5 Å². The maximum Gasteiger partial charge on any atom is 0.338 e.